The molecule has 3 atom stereocenters. The van der Waals surface area contributed by atoms with Crippen molar-refractivity contribution in [3.63, 3.8) is 0 Å². The van der Waals surface area contributed by atoms with Crippen LogP contribution in [0.2, 0.25) is 0 Å². The largest absolute Gasteiger partial charge is 0.465 e. The molecule has 3 unspecified atom stereocenters. The quantitative estimate of drug-likeness (QED) is 0.540. The molecule has 1 aliphatic rings. The van der Waals surface area contributed by atoms with Crippen molar-refractivity contribution in [1.82, 2.24) is 5.32 Å². The summed E-state index contributed by atoms with van der Waals surface area (Å²) in [7, 11) is 0. The number of carbonyl (C=O) groups is 2. The van der Waals surface area contributed by atoms with Gasteiger partial charge in [-0.3, -0.25) is 9.59 Å². The second-order valence-corrected chi connectivity index (χ2v) is 8.52. The van der Waals surface area contributed by atoms with Crippen molar-refractivity contribution in [2.75, 3.05) is 25.0 Å². The molecule has 1 amide bonds. The third-order valence-electron chi connectivity index (χ3n) is 5.65. The van der Waals surface area contributed by atoms with Gasteiger partial charge >= 0.3 is 5.97 Å². The van der Waals surface area contributed by atoms with E-state index in [0.29, 0.717) is 24.0 Å². The minimum atomic E-state index is -0.439. The number of nitrogens with one attached hydrogen (secondary N) is 2. The molecule has 1 fully saturated rings. The number of esters is 1. The molecule has 0 aromatic heterocycles. The third kappa shape index (κ3) is 5.86. The van der Waals surface area contributed by atoms with Crippen LogP contribution in [0.4, 0.5) is 5.69 Å². The molecule has 0 spiro atoms. The Hall–Kier alpha value is -1.75. The predicted molar refractivity (Wildman–Crippen MR) is 109 cm³/mol. The first-order chi connectivity index (χ1) is 12.7. The van der Waals surface area contributed by atoms with E-state index in [2.05, 4.69) is 31.4 Å². The lowest BCUT2D eigenvalue weighted by molar-refractivity contribution is -0.141. The van der Waals surface area contributed by atoms with Crippen molar-refractivity contribution in [3.05, 3.63) is 29.8 Å². The lowest BCUT2D eigenvalue weighted by Gasteiger charge is -2.45. The number of anilines is 1. The Bertz CT molecular complexity index is 645. The van der Waals surface area contributed by atoms with E-state index in [0.717, 1.165) is 25.1 Å². The summed E-state index contributed by atoms with van der Waals surface area (Å²) >= 11 is 6.49. The summed E-state index contributed by atoms with van der Waals surface area (Å²) < 4.78 is 4.80. The van der Waals surface area contributed by atoms with E-state index >= 15 is 0 Å². The molecule has 6 heteroatoms. The SMILES string of the molecule is CCOC(=O)CNC(=O)c1ccc(NCC2C(C)C(Cl)CCC2(C)C)cc1. The molecule has 1 aliphatic carbocycles. The Labute approximate surface area is 167 Å². The Morgan fingerprint density at radius 2 is 1.93 bits per heavy atom. The van der Waals surface area contributed by atoms with Gasteiger partial charge in [0.15, 0.2) is 0 Å². The number of alkyl halides is 1. The summed E-state index contributed by atoms with van der Waals surface area (Å²) in [6.45, 7) is 9.63. The van der Waals surface area contributed by atoms with Crippen molar-refractivity contribution in [2.24, 2.45) is 17.3 Å². The number of benzene rings is 1. The minimum Gasteiger partial charge on any atom is -0.465 e. The molecular formula is C21H31ClN2O3. The van der Waals surface area contributed by atoms with Gasteiger partial charge in [0, 0.05) is 23.2 Å². The molecule has 0 heterocycles. The molecule has 1 aromatic carbocycles. The van der Waals surface area contributed by atoms with Crippen LogP contribution in [0.3, 0.4) is 0 Å². The van der Waals surface area contributed by atoms with Crippen molar-refractivity contribution in [3.8, 4) is 0 Å². The number of carbonyl (C=O) groups excluding carboxylic acids is 2. The van der Waals surface area contributed by atoms with Gasteiger partial charge in [0.05, 0.1) is 6.61 Å². The summed E-state index contributed by atoms with van der Waals surface area (Å²) in [4.78, 5) is 23.4. The van der Waals surface area contributed by atoms with E-state index in [9.17, 15) is 9.59 Å². The molecule has 150 valence electrons. The number of hydrogen-bond acceptors (Lipinski definition) is 4. The zero-order chi connectivity index (χ0) is 20.0. The lowest BCUT2D eigenvalue weighted by atomic mass is 9.64. The Morgan fingerprint density at radius 3 is 2.56 bits per heavy atom. The summed E-state index contributed by atoms with van der Waals surface area (Å²) in [5.74, 6) is 0.213. The van der Waals surface area contributed by atoms with Crippen molar-refractivity contribution >= 4 is 29.2 Å². The molecule has 0 bridgehead atoms. The first kappa shape index (κ1) is 21.5. The number of amides is 1. The van der Waals surface area contributed by atoms with Gasteiger partial charge in [-0.05, 0) is 61.3 Å². The van der Waals surface area contributed by atoms with Gasteiger partial charge in [-0.15, -0.1) is 11.6 Å². The normalized spacial score (nSPS) is 24.1. The fourth-order valence-corrected chi connectivity index (χ4v) is 4.10. The molecular weight excluding hydrogens is 364 g/mol. The highest BCUT2D eigenvalue weighted by molar-refractivity contribution is 6.20. The Balaban J connectivity index is 1.89. The fourth-order valence-electron chi connectivity index (χ4n) is 3.82. The molecule has 2 N–H and O–H groups in total. The van der Waals surface area contributed by atoms with Gasteiger partial charge in [0.2, 0.25) is 0 Å². The first-order valence-corrected chi connectivity index (χ1v) is 10.1. The average Bonchev–Trinajstić information content (AvgIpc) is 2.63. The van der Waals surface area contributed by atoms with Gasteiger partial charge in [0.1, 0.15) is 6.54 Å². The summed E-state index contributed by atoms with van der Waals surface area (Å²) in [5.41, 5.74) is 1.73. The molecule has 5 nitrogen and oxygen atoms in total. The fraction of sp³-hybridized carbons (Fsp3) is 0.619. The molecule has 0 aliphatic heterocycles. The lowest BCUT2D eigenvalue weighted by Crippen LogP contribution is -2.42. The highest BCUT2D eigenvalue weighted by atomic mass is 35.5. The van der Waals surface area contributed by atoms with E-state index in [1.807, 2.05) is 12.1 Å². The monoisotopic (exact) mass is 394 g/mol. The van der Waals surface area contributed by atoms with Crippen LogP contribution in [0.5, 0.6) is 0 Å². The van der Waals surface area contributed by atoms with Crippen molar-refractivity contribution in [1.29, 1.82) is 0 Å². The zero-order valence-electron chi connectivity index (χ0n) is 16.7. The van der Waals surface area contributed by atoms with Crippen molar-refractivity contribution < 1.29 is 14.3 Å². The predicted octanol–water partition coefficient (Wildman–Crippen LogP) is 4.07. The average molecular weight is 395 g/mol. The number of ether oxygens (including phenoxy) is 1. The number of hydrogen-bond donors (Lipinski definition) is 2. The topological polar surface area (TPSA) is 67.4 Å². The highest BCUT2D eigenvalue weighted by Gasteiger charge is 2.40. The Kier molecular flexibility index (Phi) is 7.54. The summed E-state index contributed by atoms with van der Waals surface area (Å²) in [5, 5.41) is 6.28. The van der Waals surface area contributed by atoms with E-state index in [1.54, 1.807) is 19.1 Å². The van der Waals surface area contributed by atoms with Crippen LogP contribution < -0.4 is 10.6 Å². The second-order valence-electron chi connectivity index (χ2n) is 7.95. The summed E-state index contributed by atoms with van der Waals surface area (Å²) in [6, 6.07) is 7.28. The van der Waals surface area contributed by atoms with E-state index < -0.39 is 5.97 Å². The number of halogens is 1. The van der Waals surface area contributed by atoms with Gasteiger partial charge in [-0.25, -0.2) is 0 Å². The second kappa shape index (κ2) is 9.45. The maximum absolute atomic E-state index is 12.1. The van der Waals surface area contributed by atoms with Crippen LogP contribution in [-0.4, -0.2) is 36.9 Å². The highest BCUT2D eigenvalue weighted by Crippen LogP contribution is 2.45. The van der Waals surface area contributed by atoms with Crippen LogP contribution in [0.25, 0.3) is 0 Å². The zero-order valence-corrected chi connectivity index (χ0v) is 17.4. The van der Waals surface area contributed by atoms with Crippen LogP contribution in [0.15, 0.2) is 24.3 Å². The van der Waals surface area contributed by atoms with E-state index in [-0.39, 0.29) is 23.2 Å². The van der Waals surface area contributed by atoms with Gasteiger partial charge in [-0.2, -0.15) is 0 Å². The first-order valence-electron chi connectivity index (χ1n) is 9.66. The van der Waals surface area contributed by atoms with Gasteiger partial charge in [-0.1, -0.05) is 20.8 Å². The van der Waals surface area contributed by atoms with Crippen LogP contribution >= 0.6 is 11.6 Å². The maximum atomic E-state index is 12.1. The van der Waals surface area contributed by atoms with Gasteiger partial charge < -0.3 is 15.4 Å². The Morgan fingerprint density at radius 1 is 1.26 bits per heavy atom. The van der Waals surface area contributed by atoms with Gasteiger partial charge in [0.25, 0.3) is 5.91 Å². The summed E-state index contributed by atoms with van der Waals surface area (Å²) in [6.07, 6.45) is 2.21. The molecule has 0 saturated heterocycles. The van der Waals surface area contributed by atoms with Crippen LogP contribution in [0, 0.1) is 17.3 Å². The molecule has 1 saturated carbocycles. The molecule has 0 radical (unpaired) electrons. The third-order valence-corrected chi connectivity index (χ3v) is 6.26. The van der Waals surface area contributed by atoms with Crippen LogP contribution in [-0.2, 0) is 9.53 Å². The van der Waals surface area contributed by atoms with E-state index in [1.165, 1.54) is 0 Å². The molecule has 1 aromatic rings. The maximum Gasteiger partial charge on any atom is 0.325 e. The molecule has 2 rings (SSSR count). The van der Waals surface area contributed by atoms with Crippen LogP contribution in [0.1, 0.15) is 50.9 Å². The number of rotatable bonds is 7. The smallest absolute Gasteiger partial charge is 0.325 e. The standard InChI is InChI=1S/C21H31ClN2O3/c1-5-27-19(25)13-24-20(26)15-6-8-16(9-7-15)23-12-17-14(2)18(22)10-11-21(17,3)4/h6-9,14,17-18,23H,5,10-13H2,1-4H3,(H,24,26). The van der Waals surface area contributed by atoms with Crippen molar-refractivity contribution in [2.45, 2.75) is 45.9 Å². The minimum absolute atomic E-state index is 0.124. The molecule has 27 heavy (non-hydrogen) atoms. The van der Waals surface area contributed by atoms with E-state index in [4.69, 9.17) is 16.3 Å².